The highest BCUT2D eigenvalue weighted by Gasteiger charge is 2.27. The molecular weight excluding hydrogens is 256 g/mol. The van der Waals surface area contributed by atoms with Gasteiger partial charge in [-0.15, -0.1) is 11.3 Å². The third-order valence-corrected chi connectivity index (χ3v) is 5.11. The number of nitrogens with zero attached hydrogens (tertiary/aromatic N) is 3. The van der Waals surface area contributed by atoms with Crippen LogP contribution in [0.2, 0.25) is 0 Å². The van der Waals surface area contributed by atoms with Gasteiger partial charge in [0.1, 0.15) is 17.0 Å². The lowest BCUT2D eigenvalue weighted by Gasteiger charge is -2.37. The zero-order chi connectivity index (χ0) is 13.4. The molecule has 2 atom stereocenters. The fourth-order valence-electron chi connectivity index (χ4n) is 2.86. The first-order chi connectivity index (χ1) is 9.19. The monoisotopic (exact) mass is 276 g/mol. The van der Waals surface area contributed by atoms with Crippen molar-refractivity contribution in [3.05, 3.63) is 17.3 Å². The topological polar surface area (TPSA) is 55.0 Å². The van der Waals surface area contributed by atoms with Gasteiger partial charge in [-0.05, 0) is 37.8 Å². The molecule has 0 amide bonds. The highest BCUT2D eigenvalue weighted by atomic mass is 32.1. The van der Waals surface area contributed by atoms with E-state index in [1.165, 1.54) is 16.7 Å². The van der Waals surface area contributed by atoms with Crippen molar-refractivity contribution in [3.8, 4) is 0 Å². The summed E-state index contributed by atoms with van der Waals surface area (Å²) in [5, 5.41) is 1.19. The minimum Gasteiger partial charge on any atom is -0.356 e. The summed E-state index contributed by atoms with van der Waals surface area (Å²) in [6.07, 6.45) is 2.87. The van der Waals surface area contributed by atoms with Gasteiger partial charge in [-0.2, -0.15) is 0 Å². The molecule has 3 rings (SSSR count). The van der Waals surface area contributed by atoms with E-state index in [2.05, 4.69) is 34.8 Å². The Labute approximate surface area is 117 Å². The number of hydrogen-bond acceptors (Lipinski definition) is 5. The maximum absolute atomic E-state index is 5.89. The zero-order valence-electron chi connectivity index (χ0n) is 11.5. The van der Waals surface area contributed by atoms with Gasteiger partial charge in [0.2, 0.25) is 0 Å². The van der Waals surface area contributed by atoms with Crippen LogP contribution in [0, 0.1) is 18.8 Å². The number of aromatic nitrogens is 2. The molecule has 2 aromatic heterocycles. The van der Waals surface area contributed by atoms with Crippen LogP contribution in [0.3, 0.4) is 0 Å². The highest BCUT2D eigenvalue weighted by molar-refractivity contribution is 7.18. The lowest BCUT2D eigenvalue weighted by molar-refractivity contribution is 0.307. The minimum atomic E-state index is 0.568. The summed E-state index contributed by atoms with van der Waals surface area (Å²) in [6.45, 7) is 7.27. The van der Waals surface area contributed by atoms with E-state index in [0.717, 1.165) is 30.3 Å². The maximum Gasteiger partial charge on any atom is 0.140 e. The van der Waals surface area contributed by atoms with Crippen LogP contribution in [0.15, 0.2) is 12.4 Å². The molecule has 4 nitrogen and oxygen atoms in total. The first-order valence-electron chi connectivity index (χ1n) is 6.85. The van der Waals surface area contributed by atoms with Gasteiger partial charge in [0, 0.05) is 18.0 Å². The number of hydrogen-bond donors (Lipinski definition) is 1. The molecule has 5 heteroatoms. The Balaban J connectivity index is 1.95. The molecule has 2 N–H and O–H groups in total. The molecule has 0 radical (unpaired) electrons. The van der Waals surface area contributed by atoms with Crippen LogP contribution in [-0.4, -0.2) is 29.6 Å². The van der Waals surface area contributed by atoms with Crippen LogP contribution < -0.4 is 10.6 Å². The summed E-state index contributed by atoms with van der Waals surface area (Å²) in [6, 6.07) is 2.20. The molecule has 0 aromatic carbocycles. The SMILES string of the molecule is Cc1cc2c(N3CCC(C)C(CN)C3)ncnc2s1. The van der Waals surface area contributed by atoms with Crippen molar-refractivity contribution in [2.45, 2.75) is 20.3 Å². The number of rotatable bonds is 2. The zero-order valence-corrected chi connectivity index (χ0v) is 12.3. The molecular formula is C14H20N4S. The van der Waals surface area contributed by atoms with Crippen molar-refractivity contribution < 1.29 is 0 Å². The Morgan fingerprint density at radius 3 is 3.11 bits per heavy atom. The van der Waals surface area contributed by atoms with Crippen LogP contribution in [-0.2, 0) is 0 Å². The minimum absolute atomic E-state index is 0.568. The third-order valence-electron chi connectivity index (χ3n) is 4.15. The van der Waals surface area contributed by atoms with Gasteiger partial charge in [-0.25, -0.2) is 9.97 Å². The number of thiophene rings is 1. The van der Waals surface area contributed by atoms with Gasteiger partial charge < -0.3 is 10.6 Å². The summed E-state index contributed by atoms with van der Waals surface area (Å²) in [5.41, 5.74) is 5.89. The van der Waals surface area contributed by atoms with Crippen molar-refractivity contribution in [1.29, 1.82) is 0 Å². The Hall–Kier alpha value is -1.20. The number of aryl methyl sites for hydroxylation is 1. The molecule has 1 aliphatic heterocycles. The smallest absolute Gasteiger partial charge is 0.140 e. The fraction of sp³-hybridized carbons (Fsp3) is 0.571. The lowest BCUT2D eigenvalue weighted by atomic mass is 9.87. The van der Waals surface area contributed by atoms with Crippen molar-refractivity contribution in [2.75, 3.05) is 24.5 Å². The van der Waals surface area contributed by atoms with Gasteiger partial charge in [0.25, 0.3) is 0 Å². The van der Waals surface area contributed by atoms with Crippen molar-refractivity contribution in [2.24, 2.45) is 17.6 Å². The van der Waals surface area contributed by atoms with Crippen LogP contribution in [0.5, 0.6) is 0 Å². The summed E-state index contributed by atoms with van der Waals surface area (Å²) in [5.74, 6) is 2.36. The van der Waals surface area contributed by atoms with Crippen molar-refractivity contribution >= 4 is 27.4 Å². The van der Waals surface area contributed by atoms with E-state index in [1.54, 1.807) is 17.7 Å². The molecule has 1 aliphatic rings. The summed E-state index contributed by atoms with van der Waals surface area (Å²) in [4.78, 5) is 13.6. The largest absolute Gasteiger partial charge is 0.356 e. The van der Waals surface area contributed by atoms with Gasteiger partial charge >= 0.3 is 0 Å². The van der Waals surface area contributed by atoms with E-state index < -0.39 is 0 Å². The second-order valence-corrected chi connectivity index (χ2v) is 6.72. The molecule has 1 saturated heterocycles. The maximum atomic E-state index is 5.89. The molecule has 3 heterocycles. The molecule has 1 fully saturated rings. The quantitative estimate of drug-likeness (QED) is 0.915. The third kappa shape index (κ3) is 2.32. The Kier molecular flexibility index (Phi) is 3.41. The van der Waals surface area contributed by atoms with Crippen LogP contribution in [0.1, 0.15) is 18.2 Å². The van der Waals surface area contributed by atoms with E-state index in [-0.39, 0.29) is 0 Å². The first kappa shape index (κ1) is 12.8. The molecule has 0 bridgehead atoms. The standard InChI is InChI=1S/C14H20N4S/c1-9-3-4-18(7-11(9)6-15)13-12-5-10(2)19-14(12)17-8-16-13/h5,8-9,11H,3-4,6-7,15H2,1-2H3. The molecule has 0 aliphatic carbocycles. The average molecular weight is 276 g/mol. The van der Waals surface area contributed by atoms with E-state index in [0.29, 0.717) is 11.8 Å². The molecule has 2 unspecified atom stereocenters. The predicted octanol–water partition coefficient (Wildman–Crippen LogP) is 2.42. The van der Waals surface area contributed by atoms with Crippen LogP contribution in [0.25, 0.3) is 10.2 Å². The van der Waals surface area contributed by atoms with E-state index in [4.69, 9.17) is 5.73 Å². The molecule has 2 aromatic rings. The van der Waals surface area contributed by atoms with Crippen molar-refractivity contribution in [1.82, 2.24) is 9.97 Å². The lowest BCUT2D eigenvalue weighted by Crippen LogP contribution is -2.43. The Morgan fingerprint density at radius 2 is 2.32 bits per heavy atom. The van der Waals surface area contributed by atoms with E-state index >= 15 is 0 Å². The van der Waals surface area contributed by atoms with E-state index in [9.17, 15) is 0 Å². The predicted molar refractivity (Wildman–Crippen MR) is 80.7 cm³/mol. The van der Waals surface area contributed by atoms with Crippen molar-refractivity contribution in [3.63, 3.8) is 0 Å². The molecule has 0 spiro atoms. The Morgan fingerprint density at radius 1 is 1.47 bits per heavy atom. The molecule has 102 valence electrons. The van der Waals surface area contributed by atoms with E-state index in [1.807, 2.05) is 0 Å². The number of fused-ring (bicyclic) bond motifs is 1. The van der Waals surface area contributed by atoms with Gasteiger partial charge in [0.05, 0.1) is 5.39 Å². The number of piperidine rings is 1. The van der Waals surface area contributed by atoms with Gasteiger partial charge in [-0.1, -0.05) is 6.92 Å². The summed E-state index contributed by atoms with van der Waals surface area (Å²) in [7, 11) is 0. The second kappa shape index (κ2) is 5.06. The molecule has 0 saturated carbocycles. The van der Waals surface area contributed by atoms with Crippen LogP contribution in [0.4, 0.5) is 5.82 Å². The normalized spacial score (nSPS) is 24.1. The number of nitrogens with two attached hydrogens (primary N) is 1. The van der Waals surface area contributed by atoms with Gasteiger partial charge in [-0.3, -0.25) is 0 Å². The summed E-state index contributed by atoms with van der Waals surface area (Å²) >= 11 is 1.73. The number of anilines is 1. The average Bonchev–Trinajstić information content (AvgIpc) is 2.79. The second-order valence-electron chi connectivity index (χ2n) is 5.48. The highest BCUT2D eigenvalue weighted by Crippen LogP contribution is 2.33. The van der Waals surface area contributed by atoms with Crippen LogP contribution >= 0.6 is 11.3 Å². The Bertz CT molecular complexity index is 580. The molecule has 19 heavy (non-hydrogen) atoms. The fourth-order valence-corrected chi connectivity index (χ4v) is 3.71. The van der Waals surface area contributed by atoms with Gasteiger partial charge in [0.15, 0.2) is 0 Å². The first-order valence-corrected chi connectivity index (χ1v) is 7.67. The summed E-state index contributed by atoms with van der Waals surface area (Å²) < 4.78 is 0.